The van der Waals surface area contributed by atoms with Gasteiger partial charge in [-0.15, -0.1) is 0 Å². The van der Waals surface area contributed by atoms with Crippen molar-refractivity contribution < 1.29 is 32.7 Å². The Hall–Kier alpha value is -3.97. The summed E-state index contributed by atoms with van der Waals surface area (Å²) in [7, 11) is 2.05. The molecule has 10 nitrogen and oxygen atoms in total. The Balaban J connectivity index is 0.000000505. The van der Waals surface area contributed by atoms with Crippen LogP contribution < -0.4 is 5.32 Å². The number of benzene rings is 1. The molecule has 0 atom stereocenters. The van der Waals surface area contributed by atoms with E-state index < -0.39 is 12.1 Å². The van der Waals surface area contributed by atoms with E-state index in [1.807, 2.05) is 36.2 Å². The topological polar surface area (TPSA) is 121 Å². The number of carbonyl (C=O) groups excluding carboxylic acids is 2. The van der Waals surface area contributed by atoms with E-state index in [1.165, 1.54) is 17.0 Å². The molecule has 38 heavy (non-hydrogen) atoms. The van der Waals surface area contributed by atoms with E-state index in [2.05, 4.69) is 20.3 Å². The fourth-order valence-corrected chi connectivity index (χ4v) is 3.52. The molecule has 4 rings (SSSR count). The Morgan fingerprint density at radius 3 is 2.45 bits per heavy atom. The highest BCUT2D eigenvalue weighted by molar-refractivity contribution is 6.31. The summed E-state index contributed by atoms with van der Waals surface area (Å²) in [6.07, 6.45) is 1.14. The fraction of sp³-hybridized carbons (Fsp3) is 0.292. The Kier molecular flexibility index (Phi) is 9.42. The van der Waals surface area contributed by atoms with Crippen molar-refractivity contribution >= 4 is 52.1 Å². The van der Waals surface area contributed by atoms with Crippen molar-refractivity contribution in [1.82, 2.24) is 24.6 Å². The molecule has 0 radical (unpaired) electrons. The number of aliphatic carboxylic acids is 1. The Morgan fingerprint density at radius 1 is 1.13 bits per heavy atom. The third kappa shape index (κ3) is 8.56. The molecule has 0 unspecified atom stereocenters. The number of hydrogen-bond acceptors (Lipinski definition) is 6. The second kappa shape index (κ2) is 12.5. The van der Waals surface area contributed by atoms with Crippen molar-refractivity contribution in [3.8, 4) is 0 Å². The molecule has 202 valence electrons. The molecular formula is C24H24ClF3N6O4. The summed E-state index contributed by atoms with van der Waals surface area (Å²) in [5.41, 5.74) is 1.94. The normalized spacial score (nSPS) is 14.3. The molecule has 0 saturated carbocycles. The number of halogens is 4. The number of likely N-dealkylation sites (N-methyl/N-ethyl adjacent to an activating group) is 1. The summed E-state index contributed by atoms with van der Waals surface area (Å²) in [5, 5.41) is 15.6. The average Bonchev–Trinajstić information content (AvgIpc) is 3.29. The monoisotopic (exact) mass is 552 g/mol. The number of alkyl halides is 3. The van der Waals surface area contributed by atoms with Gasteiger partial charge in [0, 0.05) is 48.9 Å². The fourth-order valence-electron chi connectivity index (χ4n) is 3.35. The first-order valence-electron chi connectivity index (χ1n) is 11.2. The lowest BCUT2D eigenvalue weighted by molar-refractivity contribution is -0.192. The van der Waals surface area contributed by atoms with Crippen LogP contribution in [0.5, 0.6) is 0 Å². The van der Waals surface area contributed by atoms with Crippen molar-refractivity contribution in [2.75, 3.05) is 38.5 Å². The molecule has 0 aliphatic carbocycles. The number of nitrogens with zero attached hydrogens (tertiary/aromatic N) is 5. The highest BCUT2D eigenvalue weighted by Crippen LogP contribution is 2.18. The van der Waals surface area contributed by atoms with Crippen LogP contribution in [-0.4, -0.2) is 86.9 Å². The van der Waals surface area contributed by atoms with E-state index in [-0.39, 0.29) is 18.4 Å². The number of amides is 2. The lowest BCUT2D eigenvalue weighted by Crippen LogP contribution is -2.48. The predicted octanol–water partition coefficient (Wildman–Crippen LogP) is 3.14. The zero-order valence-corrected chi connectivity index (χ0v) is 20.9. The number of nitrogens with one attached hydrogen (secondary N) is 1. The van der Waals surface area contributed by atoms with Crippen LogP contribution in [0.25, 0.3) is 17.0 Å². The molecule has 2 N–H and O–H groups in total. The second-order valence-electron chi connectivity index (χ2n) is 8.31. The first-order valence-corrected chi connectivity index (χ1v) is 11.6. The zero-order valence-electron chi connectivity index (χ0n) is 20.2. The van der Waals surface area contributed by atoms with Crippen molar-refractivity contribution in [3.63, 3.8) is 0 Å². The van der Waals surface area contributed by atoms with Gasteiger partial charge >= 0.3 is 12.1 Å². The van der Waals surface area contributed by atoms with Gasteiger partial charge in [0.1, 0.15) is 6.54 Å². The molecule has 3 aromatic rings. The molecule has 1 fully saturated rings. The SMILES string of the molecule is CN1CCN(C(=O)Cn2cc(NC(=O)/C=C/c3ccc4ccc(Cl)cc4n3)cn2)CC1.O=C(O)C(F)(F)F. The summed E-state index contributed by atoms with van der Waals surface area (Å²) in [4.78, 5) is 42.1. The van der Waals surface area contributed by atoms with Crippen LogP contribution in [0.4, 0.5) is 18.9 Å². The lowest BCUT2D eigenvalue weighted by atomic mass is 10.2. The van der Waals surface area contributed by atoms with Gasteiger partial charge in [-0.05, 0) is 31.3 Å². The highest BCUT2D eigenvalue weighted by Gasteiger charge is 2.38. The van der Waals surface area contributed by atoms with E-state index >= 15 is 0 Å². The van der Waals surface area contributed by atoms with Crippen molar-refractivity contribution in [2.24, 2.45) is 0 Å². The highest BCUT2D eigenvalue weighted by atomic mass is 35.5. The van der Waals surface area contributed by atoms with E-state index in [4.69, 9.17) is 21.5 Å². The maximum absolute atomic E-state index is 12.4. The van der Waals surface area contributed by atoms with Crippen LogP contribution in [-0.2, 0) is 20.9 Å². The lowest BCUT2D eigenvalue weighted by Gasteiger charge is -2.32. The minimum absolute atomic E-state index is 0.0245. The molecule has 1 aliphatic rings. The molecule has 2 aromatic heterocycles. The first kappa shape index (κ1) is 28.6. The predicted molar refractivity (Wildman–Crippen MR) is 134 cm³/mol. The van der Waals surface area contributed by atoms with Crippen LogP contribution in [0.2, 0.25) is 5.02 Å². The minimum atomic E-state index is -5.08. The van der Waals surface area contributed by atoms with Gasteiger partial charge in [-0.2, -0.15) is 18.3 Å². The number of aromatic nitrogens is 3. The maximum Gasteiger partial charge on any atom is 0.490 e. The Bertz CT molecular complexity index is 1340. The van der Waals surface area contributed by atoms with Crippen LogP contribution in [0, 0.1) is 0 Å². The third-order valence-corrected chi connectivity index (χ3v) is 5.61. The van der Waals surface area contributed by atoms with E-state index in [0.29, 0.717) is 16.4 Å². The average molecular weight is 553 g/mol. The van der Waals surface area contributed by atoms with Gasteiger partial charge in [-0.1, -0.05) is 23.7 Å². The van der Waals surface area contributed by atoms with Gasteiger partial charge in [-0.25, -0.2) is 9.78 Å². The Labute approximate surface area is 220 Å². The van der Waals surface area contributed by atoms with Crippen LogP contribution in [0.3, 0.4) is 0 Å². The summed E-state index contributed by atoms with van der Waals surface area (Å²) < 4.78 is 33.3. The molecule has 1 saturated heterocycles. The number of pyridine rings is 1. The number of carbonyl (C=O) groups is 3. The standard InChI is InChI=1S/C22H23ClN6O2.C2HF3O2/c1-27-8-10-28(11-9-27)22(31)15-29-14-19(13-24-29)26-21(30)7-6-18-5-3-16-2-4-17(23)12-20(16)25-18;3-2(4,5)1(6)7/h2-7,12-14H,8-11,15H2,1H3,(H,26,30);(H,6,7)/b7-6+;. The van der Waals surface area contributed by atoms with E-state index in [9.17, 15) is 22.8 Å². The largest absolute Gasteiger partial charge is 0.490 e. The number of hydrogen-bond donors (Lipinski definition) is 2. The number of rotatable bonds is 5. The van der Waals surface area contributed by atoms with E-state index in [1.54, 1.807) is 18.3 Å². The third-order valence-electron chi connectivity index (χ3n) is 5.38. The number of anilines is 1. The molecule has 3 heterocycles. The number of fused-ring (bicyclic) bond motifs is 1. The zero-order chi connectivity index (χ0) is 27.9. The molecule has 1 aliphatic heterocycles. The van der Waals surface area contributed by atoms with Crippen LogP contribution in [0.1, 0.15) is 5.69 Å². The van der Waals surface area contributed by atoms with Gasteiger partial charge < -0.3 is 20.2 Å². The quantitative estimate of drug-likeness (QED) is 0.467. The summed E-state index contributed by atoms with van der Waals surface area (Å²) in [5.74, 6) is -3.04. The van der Waals surface area contributed by atoms with Crippen LogP contribution >= 0.6 is 11.6 Å². The molecule has 1 aromatic carbocycles. The molecular weight excluding hydrogens is 529 g/mol. The first-order chi connectivity index (χ1) is 17.9. The van der Waals surface area contributed by atoms with Crippen LogP contribution in [0.15, 0.2) is 48.8 Å². The maximum atomic E-state index is 12.4. The van der Waals surface area contributed by atoms with Crippen molar-refractivity contribution in [2.45, 2.75) is 12.7 Å². The van der Waals surface area contributed by atoms with Gasteiger partial charge in [0.15, 0.2) is 0 Å². The second-order valence-corrected chi connectivity index (χ2v) is 8.75. The smallest absolute Gasteiger partial charge is 0.475 e. The van der Waals surface area contributed by atoms with Gasteiger partial charge in [0.25, 0.3) is 0 Å². The molecule has 14 heteroatoms. The van der Waals surface area contributed by atoms with Crippen molar-refractivity contribution in [1.29, 1.82) is 0 Å². The van der Waals surface area contributed by atoms with Gasteiger partial charge in [-0.3, -0.25) is 14.3 Å². The molecule has 0 spiro atoms. The number of piperazine rings is 1. The molecule has 0 bridgehead atoms. The summed E-state index contributed by atoms with van der Waals surface area (Å²) >= 11 is 6.02. The molecule has 2 amide bonds. The number of carboxylic acid groups (broad SMARTS) is 1. The Morgan fingerprint density at radius 2 is 1.79 bits per heavy atom. The van der Waals surface area contributed by atoms with E-state index in [0.717, 1.165) is 37.1 Å². The summed E-state index contributed by atoms with van der Waals surface area (Å²) in [6, 6.07) is 9.26. The van der Waals surface area contributed by atoms with Gasteiger partial charge in [0.05, 0.1) is 23.1 Å². The minimum Gasteiger partial charge on any atom is -0.475 e. The van der Waals surface area contributed by atoms with Crippen molar-refractivity contribution in [3.05, 3.63) is 59.5 Å². The van der Waals surface area contributed by atoms with Gasteiger partial charge in [0.2, 0.25) is 11.8 Å². The number of carboxylic acids is 1. The summed E-state index contributed by atoms with van der Waals surface area (Å²) in [6.45, 7) is 3.34.